The van der Waals surface area contributed by atoms with Crippen LogP contribution in [0.1, 0.15) is 34.1 Å². The Labute approximate surface area is 87.3 Å². The van der Waals surface area contributed by atoms with Crippen molar-refractivity contribution in [1.29, 1.82) is 0 Å². The van der Waals surface area contributed by atoms with Gasteiger partial charge in [0.05, 0.1) is 0 Å². The average molecular weight is 200 g/mol. The van der Waals surface area contributed by atoms with Crippen LogP contribution in [0.2, 0.25) is 0 Å². The van der Waals surface area contributed by atoms with Gasteiger partial charge in [-0.15, -0.1) is 0 Å². The minimum absolute atomic E-state index is 0.227. The molecule has 0 aromatic heterocycles. The topological polar surface area (TPSA) is 27.7 Å². The third-order valence-corrected chi connectivity index (χ3v) is 2.67. The Balaban J connectivity index is 2.31. The van der Waals surface area contributed by atoms with Crippen LogP contribution in [0, 0.1) is 11.8 Å². The quantitative estimate of drug-likeness (QED) is 0.650. The fourth-order valence-corrected chi connectivity index (χ4v) is 1.68. The summed E-state index contributed by atoms with van der Waals surface area (Å²) in [6.45, 7) is 10.00. The van der Waals surface area contributed by atoms with Crippen LogP contribution in [0.5, 0.6) is 0 Å². The molecule has 4 heteroatoms. The van der Waals surface area contributed by atoms with Crippen LogP contribution in [0.4, 0.5) is 0 Å². The predicted molar refractivity (Wildman–Crippen MR) is 56.8 cm³/mol. The third kappa shape index (κ3) is 3.26. The molecule has 0 aliphatic carbocycles. The molecule has 0 unspecified atom stereocenters. The van der Waals surface area contributed by atoms with Crippen molar-refractivity contribution < 1.29 is 14.0 Å². The molecule has 0 aromatic rings. The maximum atomic E-state index is 5.62. The van der Waals surface area contributed by atoms with Gasteiger partial charge in [-0.2, -0.15) is 0 Å². The highest BCUT2D eigenvalue weighted by atomic mass is 16.7. The second kappa shape index (κ2) is 5.74. The van der Waals surface area contributed by atoms with Crippen LogP contribution in [0.15, 0.2) is 0 Å². The first-order valence-electron chi connectivity index (χ1n) is 5.53. The zero-order chi connectivity index (χ0) is 10.6. The standard InChI is InChI=1S/C10H21BO3/c1-5-6-12-11-13-7-10(8(2)3)9(4)14-11/h8-10H,5-7H2,1-4H3/t9-,10+/m1/s1. The summed E-state index contributed by atoms with van der Waals surface area (Å²) in [7, 11) is -0.444. The fraction of sp³-hybridized carbons (Fsp3) is 1.00. The normalized spacial score (nSPS) is 28.5. The van der Waals surface area contributed by atoms with Gasteiger partial charge in [0.2, 0.25) is 0 Å². The number of rotatable bonds is 4. The van der Waals surface area contributed by atoms with E-state index in [-0.39, 0.29) is 6.10 Å². The molecule has 0 amide bonds. The van der Waals surface area contributed by atoms with Gasteiger partial charge in [0.1, 0.15) is 0 Å². The van der Waals surface area contributed by atoms with Crippen LogP contribution < -0.4 is 0 Å². The van der Waals surface area contributed by atoms with Crippen molar-refractivity contribution >= 4 is 7.32 Å². The van der Waals surface area contributed by atoms with E-state index in [0.717, 1.165) is 13.0 Å². The molecule has 0 bridgehead atoms. The van der Waals surface area contributed by atoms with Crippen LogP contribution in [-0.4, -0.2) is 26.6 Å². The van der Waals surface area contributed by atoms with Crippen molar-refractivity contribution in [3.63, 3.8) is 0 Å². The Hall–Kier alpha value is -0.0551. The summed E-state index contributed by atoms with van der Waals surface area (Å²) in [4.78, 5) is 0. The van der Waals surface area contributed by atoms with Crippen LogP contribution in [0.25, 0.3) is 0 Å². The lowest BCUT2D eigenvalue weighted by Gasteiger charge is -2.34. The van der Waals surface area contributed by atoms with Crippen molar-refractivity contribution in [1.82, 2.24) is 0 Å². The Morgan fingerprint density at radius 2 is 2.21 bits per heavy atom. The molecule has 14 heavy (non-hydrogen) atoms. The summed E-state index contributed by atoms with van der Waals surface area (Å²) in [5, 5.41) is 0. The lowest BCUT2D eigenvalue weighted by atomic mass is 9.89. The third-order valence-electron chi connectivity index (χ3n) is 2.67. The molecule has 0 saturated carbocycles. The molecule has 1 saturated heterocycles. The van der Waals surface area contributed by atoms with E-state index in [9.17, 15) is 0 Å². The molecule has 0 aromatic carbocycles. The second-order valence-electron chi connectivity index (χ2n) is 4.24. The Kier molecular flexibility index (Phi) is 4.92. The molecular weight excluding hydrogens is 179 g/mol. The molecule has 1 aliphatic rings. The second-order valence-corrected chi connectivity index (χ2v) is 4.24. The molecular formula is C10H21BO3. The molecule has 0 N–H and O–H groups in total. The maximum Gasteiger partial charge on any atom is 0.639 e. The predicted octanol–water partition coefficient (Wildman–Crippen LogP) is 2.11. The van der Waals surface area contributed by atoms with Crippen molar-refractivity contribution in [2.75, 3.05) is 13.2 Å². The Bertz CT molecular complexity index is 163. The lowest BCUT2D eigenvalue weighted by molar-refractivity contribution is -0.0396. The monoisotopic (exact) mass is 200 g/mol. The maximum absolute atomic E-state index is 5.62. The highest BCUT2D eigenvalue weighted by Crippen LogP contribution is 2.23. The van der Waals surface area contributed by atoms with Crippen LogP contribution in [-0.2, 0) is 14.0 Å². The van der Waals surface area contributed by atoms with Crippen molar-refractivity contribution in [2.24, 2.45) is 11.8 Å². The van der Waals surface area contributed by atoms with E-state index >= 15 is 0 Å². The molecule has 0 spiro atoms. The molecule has 82 valence electrons. The molecule has 2 atom stereocenters. The van der Waals surface area contributed by atoms with Gasteiger partial charge in [0, 0.05) is 25.2 Å². The minimum Gasteiger partial charge on any atom is -0.386 e. The van der Waals surface area contributed by atoms with Gasteiger partial charge in [-0.3, -0.25) is 0 Å². The fourth-order valence-electron chi connectivity index (χ4n) is 1.68. The first kappa shape index (κ1) is 12.0. The zero-order valence-electron chi connectivity index (χ0n) is 9.66. The summed E-state index contributed by atoms with van der Waals surface area (Å²) >= 11 is 0. The van der Waals surface area contributed by atoms with Crippen LogP contribution >= 0.6 is 0 Å². The van der Waals surface area contributed by atoms with Gasteiger partial charge in [0.25, 0.3) is 0 Å². The van der Waals surface area contributed by atoms with E-state index in [1.807, 2.05) is 0 Å². The largest absolute Gasteiger partial charge is 0.639 e. The first-order valence-corrected chi connectivity index (χ1v) is 5.53. The molecule has 1 heterocycles. The van der Waals surface area contributed by atoms with E-state index in [1.165, 1.54) is 0 Å². The lowest BCUT2D eigenvalue weighted by Crippen LogP contribution is -2.45. The van der Waals surface area contributed by atoms with Gasteiger partial charge in [0.15, 0.2) is 0 Å². The zero-order valence-corrected chi connectivity index (χ0v) is 9.66. The molecule has 1 rings (SSSR count). The molecule has 1 aliphatic heterocycles. The van der Waals surface area contributed by atoms with Crippen molar-refractivity contribution in [3.05, 3.63) is 0 Å². The van der Waals surface area contributed by atoms with Gasteiger partial charge in [-0.1, -0.05) is 20.8 Å². The molecule has 0 radical (unpaired) electrons. The SMILES string of the molecule is CCCOB1OC[C@@H](C(C)C)[C@@H](C)O1. The number of hydrogen-bond donors (Lipinski definition) is 0. The van der Waals surface area contributed by atoms with Gasteiger partial charge in [-0.05, 0) is 19.3 Å². The summed E-state index contributed by atoms with van der Waals surface area (Å²) in [5.74, 6) is 1.08. The highest BCUT2D eigenvalue weighted by molar-refractivity contribution is 6.36. The smallest absolute Gasteiger partial charge is 0.386 e. The Morgan fingerprint density at radius 1 is 1.50 bits per heavy atom. The molecule has 3 nitrogen and oxygen atoms in total. The van der Waals surface area contributed by atoms with Crippen molar-refractivity contribution in [2.45, 2.75) is 40.2 Å². The van der Waals surface area contributed by atoms with Gasteiger partial charge >= 0.3 is 7.32 Å². The summed E-state index contributed by atoms with van der Waals surface area (Å²) in [6, 6.07) is 0. The van der Waals surface area contributed by atoms with E-state index < -0.39 is 7.32 Å². The average Bonchev–Trinajstić information content (AvgIpc) is 2.14. The summed E-state index contributed by atoms with van der Waals surface area (Å²) in [6.07, 6.45) is 1.22. The molecule has 1 fully saturated rings. The van der Waals surface area contributed by atoms with E-state index in [1.54, 1.807) is 0 Å². The van der Waals surface area contributed by atoms with E-state index in [4.69, 9.17) is 14.0 Å². The van der Waals surface area contributed by atoms with Gasteiger partial charge < -0.3 is 14.0 Å². The van der Waals surface area contributed by atoms with E-state index in [2.05, 4.69) is 27.7 Å². The summed E-state index contributed by atoms with van der Waals surface area (Å²) in [5.41, 5.74) is 0. The highest BCUT2D eigenvalue weighted by Gasteiger charge is 2.35. The minimum atomic E-state index is -0.444. The van der Waals surface area contributed by atoms with Crippen molar-refractivity contribution in [3.8, 4) is 0 Å². The first-order chi connectivity index (χ1) is 6.65. The van der Waals surface area contributed by atoms with E-state index in [0.29, 0.717) is 18.4 Å². The Morgan fingerprint density at radius 3 is 2.71 bits per heavy atom. The summed E-state index contributed by atoms with van der Waals surface area (Å²) < 4.78 is 16.5. The number of hydrogen-bond acceptors (Lipinski definition) is 3. The van der Waals surface area contributed by atoms with Crippen LogP contribution in [0.3, 0.4) is 0 Å². The van der Waals surface area contributed by atoms with Gasteiger partial charge in [-0.25, -0.2) is 0 Å².